The Morgan fingerprint density at radius 1 is 1.16 bits per heavy atom. The Morgan fingerprint density at radius 2 is 1.94 bits per heavy atom. The van der Waals surface area contributed by atoms with Crippen molar-refractivity contribution >= 4 is 28.0 Å². The third-order valence-corrected chi connectivity index (χ3v) is 5.82. The summed E-state index contributed by atoms with van der Waals surface area (Å²) in [5.41, 5.74) is 5.93. The lowest BCUT2D eigenvalue weighted by atomic mass is 10.00. The third-order valence-electron chi connectivity index (χ3n) is 5.82. The number of para-hydroxylation sites is 2. The first-order valence-corrected chi connectivity index (χ1v) is 10.5. The highest BCUT2D eigenvalue weighted by Crippen LogP contribution is 2.30. The van der Waals surface area contributed by atoms with Crippen LogP contribution >= 0.6 is 0 Å². The maximum atomic E-state index is 12.5. The van der Waals surface area contributed by atoms with Crippen LogP contribution in [0.1, 0.15) is 29.1 Å². The summed E-state index contributed by atoms with van der Waals surface area (Å²) in [4.78, 5) is 21.8. The topological polar surface area (TPSA) is 86.9 Å². The van der Waals surface area contributed by atoms with Gasteiger partial charge in [-0.25, -0.2) is 14.6 Å². The molecule has 3 aromatic heterocycles. The zero-order valence-electron chi connectivity index (χ0n) is 18.7. The molecule has 0 aliphatic carbocycles. The fourth-order valence-corrected chi connectivity index (χ4v) is 4.22. The molecule has 3 heterocycles. The molecule has 8 nitrogen and oxygen atoms in total. The predicted molar refractivity (Wildman–Crippen MR) is 120 cm³/mol. The van der Waals surface area contributed by atoms with Gasteiger partial charge in [-0.15, -0.1) is 5.10 Å². The fraction of sp³-hybridized carbons (Fsp3) is 0.391. The zero-order chi connectivity index (χ0) is 22.1. The smallest absolute Gasteiger partial charge is 0.242 e. The van der Waals surface area contributed by atoms with E-state index < -0.39 is 0 Å². The number of benzene rings is 1. The van der Waals surface area contributed by atoms with E-state index >= 15 is 0 Å². The summed E-state index contributed by atoms with van der Waals surface area (Å²) in [7, 11) is 3.47. The number of aryl methyl sites for hydroxylation is 4. The van der Waals surface area contributed by atoms with Gasteiger partial charge in [0.2, 0.25) is 11.8 Å². The summed E-state index contributed by atoms with van der Waals surface area (Å²) in [5, 5.41) is 8.33. The number of methoxy groups -OCH3 is 1. The van der Waals surface area contributed by atoms with Gasteiger partial charge in [-0.2, -0.15) is 0 Å². The van der Waals surface area contributed by atoms with E-state index in [2.05, 4.69) is 26.0 Å². The molecule has 0 saturated heterocycles. The molecule has 1 aromatic carbocycles. The first-order chi connectivity index (χ1) is 14.9. The summed E-state index contributed by atoms with van der Waals surface area (Å²) in [5.74, 6) is 1.54. The van der Waals surface area contributed by atoms with Crippen molar-refractivity contribution in [2.45, 2.75) is 40.2 Å². The van der Waals surface area contributed by atoms with Crippen LogP contribution in [0.15, 0.2) is 24.3 Å². The van der Waals surface area contributed by atoms with Crippen LogP contribution < -0.4 is 10.1 Å². The van der Waals surface area contributed by atoms with Gasteiger partial charge < -0.3 is 14.6 Å². The lowest BCUT2D eigenvalue weighted by Crippen LogP contribution is -2.27. The number of pyridine rings is 1. The number of hydrogen-bond acceptors (Lipinski definition) is 5. The molecule has 0 atom stereocenters. The molecular weight excluding hydrogens is 392 g/mol. The van der Waals surface area contributed by atoms with Crippen molar-refractivity contribution in [2.75, 3.05) is 13.7 Å². The molecule has 0 saturated carbocycles. The average molecular weight is 421 g/mol. The Bertz CT molecular complexity index is 1270. The molecule has 0 spiro atoms. The van der Waals surface area contributed by atoms with E-state index in [-0.39, 0.29) is 5.91 Å². The molecule has 4 rings (SSSR count). The highest BCUT2D eigenvalue weighted by molar-refractivity contribution is 5.86. The molecule has 8 heteroatoms. The van der Waals surface area contributed by atoms with Crippen LogP contribution in [-0.2, 0) is 24.8 Å². The molecular formula is C23H28N6O2. The number of ether oxygens (including phenoxy) is 1. The number of amides is 1. The summed E-state index contributed by atoms with van der Waals surface area (Å²) in [6.45, 7) is 7.26. The van der Waals surface area contributed by atoms with Crippen molar-refractivity contribution in [3.63, 3.8) is 0 Å². The number of rotatable bonds is 7. The minimum atomic E-state index is 0.0270. The molecule has 0 bridgehead atoms. The van der Waals surface area contributed by atoms with Gasteiger partial charge in [-0.05, 0) is 50.5 Å². The van der Waals surface area contributed by atoms with E-state index in [0.717, 1.165) is 44.7 Å². The minimum Gasteiger partial charge on any atom is -0.479 e. The fourth-order valence-electron chi connectivity index (χ4n) is 4.22. The molecule has 0 unspecified atom stereocenters. The Kier molecular flexibility index (Phi) is 5.63. The van der Waals surface area contributed by atoms with Crippen LogP contribution in [0.4, 0.5) is 0 Å². The van der Waals surface area contributed by atoms with Crippen molar-refractivity contribution in [1.29, 1.82) is 0 Å². The number of imidazole rings is 1. The monoisotopic (exact) mass is 420 g/mol. The van der Waals surface area contributed by atoms with Gasteiger partial charge in [0.1, 0.15) is 5.82 Å². The van der Waals surface area contributed by atoms with Crippen LogP contribution in [0.2, 0.25) is 0 Å². The second-order valence-corrected chi connectivity index (χ2v) is 7.78. The number of fused-ring (bicyclic) bond motifs is 2. The van der Waals surface area contributed by atoms with Crippen LogP contribution in [-0.4, -0.2) is 43.9 Å². The Balaban J connectivity index is 1.41. The van der Waals surface area contributed by atoms with Gasteiger partial charge in [0.25, 0.3) is 0 Å². The van der Waals surface area contributed by atoms with Gasteiger partial charge >= 0.3 is 0 Å². The van der Waals surface area contributed by atoms with Crippen molar-refractivity contribution in [2.24, 2.45) is 7.05 Å². The van der Waals surface area contributed by atoms with Gasteiger partial charge in [-0.3, -0.25) is 4.79 Å². The van der Waals surface area contributed by atoms with Crippen molar-refractivity contribution in [1.82, 2.24) is 29.6 Å². The van der Waals surface area contributed by atoms with Crippen molar-refractivity contribution in [3.05, 3.63) is 46.9 Å². The highest BCUT2D eigenvalue weighted by Gasteiger charge is 2.18. The van der Waals surface area contributed by atoms with Gasteiger partial charge in [-0.1, -0.05) is 12.1 Å². The van der Waals surface area contributed by atoms with Crippen LogP contribution in [0.3, 0.4) is 0 Å². The van der Waals surface area contributed by atoms with Gasteiger partial charge in [0.05, 0.1) is 23.5 Å². The van der Waals surface area contributed by atoms with Gasteiger partial charge in [0.15, 0.2) is 5.65 Å². The Morgan fingerprint density at radius 3 is 2.71 bits per heavy atom. The van der Waals surface area contributed by atoms with E-state index in [1.165, 1.54) is 0 Å². The first kappa shape index (κ1) is 20.8. The predicted octanol–water partition coefficient (Wildman–Crippen LogP) is 3.00. The normalized spacial score (nSPS) is 11.4. The molecule has 162 valence electrons. The SMILES string of the molecule is COc1nn(C)c2nc(C)c(CCC(=O)NCCn3c(C)nc4ccccc43)c(C)c12. The summed E-state index contributed by atoms with van der Waals surface area (Å²) in [6, 6.07) is 8.05. The molecule has 31 heavy (non-hydrogen) atoms. The van der Waals surface area contributed by atoms with E-state index in [4.69, 9.17) is 9.72 Å². The number of carbonyl (C=O) groups excluding carboxylic acids is 1. The molecule has 0 fully saturated rings. The molecule has 0 aliphatic rings. The molecule has 1 N–H and O–H groups in total. The summed E-state index contributed by atoms with van der Waals surface area (Å²) < 4.78 is 9.28. The van der Waals surface area contributed by atoms with Crippen LogP contribution in [0.25, 0.3) is 22.1 Å². The zero-order valence-corrected chi connectivity index (χ0v) is 18.7. The maximum absolute atomic E-state index is 12.5. The molecule has 0 radical (unpaired) electrons. The molecule has 4 aromatic rings. The largest absolute Gasteiger partial charge is 0.479 e. The molecule has 0 aliphatic heterocycles. The van der Waals surface area contributed by atoms with Crippen LogP contribution in [0.5, 0.6) is 5.88 Å². The number of hydrogen-bond donors (Lipinski definition) is 1. The highest BCUT2D eigenvalue weighted by atomic mass is 16.5. The quantitative estimate of drug-likeness (QED) is 0.497. The second-order valence-electron chi connectivity index (χ2n) is 7.78. The number of carbonyl (C=O) groups is 1. The van der Waals surface area contributed by atoms with E-state index in [1.807, 2.05) is 46.0 Å². The number of nitrogens with zero attached hydrogens (tertiary/aromatic N) is 5. The number of nitrogens with one attached hydrogen (secondary N) is 1. The first-order valence-electron chi connectivity index (χ1n) is 10.5. The van der Waals surface area contributed by atoms with Crippen LogP contribution in [0, 0.1) is 20.8 Å². The number of aromatic nitrogens is 5. The van der Waals surface area contributed by atoms with Crippen molar-refractivity contribution in [3.8, 4) is 5.88 Å². The lowest BCUT2D eigenvalue weighted by molar-refractivity contribution is -0.121. The van der Waals surface area contributed by atoms with E-state index in [1.54, 1.807) is 11.8 Å². The summed E-state index contributed by atoms with van der Waals surface area (Å²) >= 11 is 0. The minimum absolute atomic E-state index is 0.0270. The van der Waals surface area contributed by atoms with E-state index in [9.17, 15) is 4.79 Å². The lowest BCUT2D eigenvalue weighted by Gasteiger charge is -2.12. The average Bonchev–Trinajstić information content (AvgIpc) is 3.24. The Labute approximate surface area is 181 Å². The molecule has 1 amide bonds. The second kappa shape index (κ2) is 8.37. The van der Waals surface area contributed by atoms with Gasteiger partial charge in [0, 0.05) is 32.3 Å². The maximum Gasteiger partial charge on any atom is 0.242 e. The Hall–Kier alpha value is -3.42. The standard InChI is InChI=1S/C23H28N6O2/c1-14-17(15(2)25-22-21(14)23(31-5)27-28(22)4)10-11-20(30)24-12-13-29-16(3)26-18-8-6-7-9-19(18)29/h6-9H,10-13H2,1-5H3,(H,24,30). The van der Waals surface area contributed by atoms with Crippen molar-refractivity contribution < 1.29 is 9.53 Å². The third kappa shape index (κ3) is 3.85. The van der Waals surface area contributed by atoms with E-state index in [0.29, 0.717) is 31.8 Å². The summed E-state index contributed by atoms with van der Waals surface area (Å²) in [6.07, 6.45) is 1.03.